The first-order valence-corrected chi connectivity index (χ1v) is 5.82. The molecule has 18 heavy (non-hydrogen) atoms. The monoisotopic (exact) mass is 274 g/mol. The molecule has 5 nitrogen and oxygen atoms in total. The van der Waals surface area contributed by atoms with Crippen molar-refractivity contribution < 1.29 is 19.0 Å². The van der Waals surface area contributed by atoms with E-state index in [4.69, 9.17) is 21.4 Å². The van der Waals surface area contributed by atoms with Gasteiger partial charge in [-0.1, -0.05) is 11.6 Å². The molecule has 98 valence electrons. The molecule has 0 spiro atoms. The largest absolute Gasteiger partial charge is 0.394 e. The molecule has 0 bridgehead atoms. The summed E-state index contributed by atoms with van der Waals surface area (Å²) in [6.07, 6.45) is 0.539. The maximum absolute atomic E-state index is 13.1. The van der Waals surface area contributed by atoms with Crippen molar-refractivity contribution in [1.29, 1.82) is 0 Å². The first-order chi connectivity index (χ1) is 8.61. The maximum atomic E-state index is 13.1. The molecule has 1 aromatic heterocycles. The Morgan fingerprint density at radius 2 is 2.50 bits per heavy atom. The SMILES string of the molecule is O=C(c1cc(F)cnc1Cl)N1CCOC(CO)C1. The second-order valence-corrected chi connectivity index (χ2v) is 4.28. The Kier molecular flexibility index (Phi) is 4.11. The van der Waals surface area contributed by atoms with Crippen LogP contribution in [0.5, 0.6) is 0 Å². The van der Waals surface area contributed by atoms with E-state index in [1.165, 1.54) is 4.90 Å². The standard InChI is InChI=1S/C11H12ClFN2O3/c12-10-9(3-7(13)4-14-10)11(17)15-1-2-18-8(5-15)6-16/h3-4,8,16H,1-2,5-6H2. The minimum Gasteiger partial charge on any atom is -0.394 e. The van der Waals surface area contributed by atoms with Gasteiger partial charge in [0.25, 0.3) is 5.91 Å². The Balaban J connectivity index is 2.17. The van der Waals surface area contributed by atoms with Crippen LogP contribution < -0.4 is 0 Å². The Labute approximate surface area is 108 Å². The van der Waals surface area contributed by atoms with E-state index in [9.17, 15) is 9.18 Å². The number of morpholine rings is 1. The predicted octanol–water partition coefficient (Wildman–Crippen LogP) is 0.707. The lowest BCUT2D eigenvalue weighted by Gasteiger charge is -2.32. The summed E-state index contributed by atoms with van der Waals surface area (Å²) in [4.78, 5) is 17.2. The summed E-state index contributed by atoms with van der Waals surface area (Å²) in [5, 5.41) is 8.96. The van der Waals surface area contributed by atoms with E-state index in [0.29, 0.717) is 13.2 Å². The van der Waals surface area contributed by atoms with Crippen LogP contribution in [0.4, 0.5) is 4.39 Å². The fourth-order valence-electron chi connectivity index (χ4n) is 1.76. The highest BCUT2D eigenvalue weighted by atomic mass is 35.5. The Hall–Kier alpha value is -1.24. The minimum atomic E-state index is -0.616. The molecule has 7 heteroatoms. The Morgan fingerprint density at radius 3 is 3.22 bits per heavy atom. The lowest BCUT2D eigenvalue weighted by atomic mass is 10.2. The third-order valence-electron chi connectivity index (χ3n) is 2.67. The number of ether oxygens (including phenoxy) is 1. The fraction of sp³-hybridized carbons (Fsp3) is 0.455. The molecular formula is C11H12ClFN2O3. The van der Waals surface area contributed by atoms with Crippen LogP contribution in [0.15, 0.2) is 12.3 Å². The van der Waals surface area contributed by atoms with Crippen LogP contribution in [0, 0.1) is 5.82 Å². The van der Waals surface area contributed by atoms with E-state index in [0.717, 1.165) is 12.3 Å². The van der Waals surface area contributed by atoms with Crippen molar-refractivity contribution in [1.82, 2.24) is 9.88 Å². The van der Waals surface area contributed by atoms with Crippen LogP contribution in [-0.2, 0) is 4.74 Å². The number of carbonyl (C=O) groups is 1. The molecule has 0 aliphatic carbocycles. The van der Waals surface area contributed by atoms with E-state index < -0.39 is 17.8 Å². The number of aliphatic hydroxyl groups excluding tert-OH is 1. The van der Waals surface area contributed by atoms with Gasteiger partial charge in [0.2, 0.25) is 0 Å². The van der Waals surface area contributed by atoms with Crippen LogP contribution in [0.3, 0.4) is 0 Å². The van der Waals surface area contributed by atoms with Gasteiger partial charge in [-0.3, -0.25) is 4.79 Å². The van der Waals surface area contributed by atoms with Crippen LogP contribution in [0.2, 0.25) is 5.15 Å². The lowest BCUT2D eigenvalue weighted by Crippen LogP contribution is -2.47. The number of hydrogen-bond acceptors (Lipinski definition) is 4. The maximum Gasteiger partial charge on any atom is 0.257 e. The molecule has 1 saturated heterocycles. The summed E-state index contributed by atoms with van der Waals surface area (Å²) in [6.45, 7) is 0.792. The van der Waals surface area contributed by atoms with Crippen molar-refractivity contribution in [2.45, 2.75) is 6.10 Å². The van der Waals surface area contributed by atoms with Crippen molar-refractivity contribution in [2.24, 2.45) is 0 Å². The van der Waals surface area contributed by atoms with E-state index in [1.54, 1.807) is 0 Å². The molecule has 1 aromatic rings. The fourth-order valence-corrected chi connectivity index (χ4v) is 1.94. The second-order valence-electron chi connectivity index (χ2n) is 3.92. The van der Waals surface area contributed by atoms with Crippen LogP contribution in [-0.4, -0.2) is 53.3 Å². The van der Waals surface area contributed by atoms with Gasteiger partial charge in [0.1, 0.15) is 11.0 Å². The summed E-state index contributed by atoms with van der Waals surface area (Å²) in [5.41, 5.74) is 0.0234. The van der Waals surface area contributed by atoms with Crippen LogP contribution in [0.1, 0.15) is 10.4 Å². The predicted molar refractivity (Wildman–Crippen MR) is 61.9 cm³/mol. The van der Waals surface area contributed by atoms with Crippen molar-refractivity contribution in [3.63, 3.8) is 0 Å². The first-order valence-electron chi connectivity index (χ1n) is 5.44. The van der Waals surface area contributed by atoms with E-state index in [2.05, 4.69) is 4.98 Å². The van der Waals surface area contributed by atoms with Crippen LogP contribution >= 0.6 is 11.6 Å². The second kappa shape index (κ2) is 5.60. The highest BCUT2D eigenvalue weighted by Gasteiger charge is 2.26. The summed E-state index contributed by atoms with van der Waals surface area (Å²) in [5.74, 6) is -1.02. The molecule has 0 radical (unpaired) electrons. The number of amides is 1. The van der Waals surface area contributed by atoms with Crippen molar-refractivity contribution in [2.75, 3.05) is 26.3 Å². The molecule has 0 aromatic carbocycles. The molecular weight excluding hydrogens is 263 g/mol. The first kappa shape index (κ1) is 13.2. The van der Waals surface area contributed by atoms with Crippen molar-refractivity contribution in [3.8, 4) is 0 Å². The molecule has 1 N–H and O–H groups in total. The lowest BCUT2D eigenvalue weighted by molar-refractivity contribution is -0.0447. The number of hydrogen-bond donors (Lipinski definition) is 1. The van der Waals surface area contributed by atoms with E-state index in [1.807, 2.05) is 0 Å². The number of nitrogens with zero attached hydrogens (tertiary/aromatic N) is 2. The van der Waals surface area contributed by atoms with Crippen molar-refractivity contribution >= 4 is 17.5 Å². The zero-order chi connectivity index (χ0) is 13.1. The van der Waals surface area contributed by atoms with Gasteiger partial charge in [-0.15, -0.1) is 0 Å². The quantitative estimate of drug-likeness (QED) is 0.807. The Bertz CT molecular complexity index is 458. The van der Waals surface area contributed by atoms with Gasteiger partial charge >= 0.3 is 0 Å². The average molecular weight is 275 g/mol. The molecule has 0 saturated carbocycles. The van der Waals surface area contributed by atoms with Gasteiger partial charge in [0, 0.05) is 13.1 Å². The minimum absolute atomic E-state index is 0.0234. The smallest absolute Gasteiger partial charge is 0.257 e. The van der Waals surface area contributed by atoms with Gasteiger partial charge in [-0.05, 0) is 6.07 Å². The topological polar surface area (TPSA) is 62.7 Å². The molecule has 1 unspecified atom stereocenters. The average Bonchev–Trinajstić information content (AvgIpc) is 2.41. The number of pyridine rings is 1. The number of rotatable bonds is 2. The van der Waals surface area contributed by atoms with Gasteiger partial charge in [-0.25, -0.2) is 9.37 Å². The molecule has 1 aliphatic rings. The van der Waals surface area contributed by atoms with Gasteiger partial charge in [0.05, 0.1) is 31.1 Å². The zero-order valence-electron chi connectivity index (χ0n) is 9.47. The van der Waals surface area contributed by atoms with Gasteiger partial charge in [0.15, 0.2) is 0 Å². The van der Waals surface area contributed by atoms with E-state index >= 15 is 0 Å². The summed E-state index contributed by atoms with van der Waals surface area (Å²) < 4.78 is 18.3. The summed E-state index contributed by atoms with van der Waals surface area (Å²) in [7, 11) is 0. The van der Waals surface area contributed by atoms with Gasteiger partial charge < -0.3 is 14.7 Å². The van der Waals surface area contributed by atoms with Gasteiger partial charge in [-0.2, -0.15) is 0 Å². The van der Waals surface area contributed by atoms with Crippen molar-refractivity contribution in [3.05, 3.63) is 28.8 Å². The summed E-state index contributed by atoms with van der Waals surface area (Å²) >= 11 is 5.77. The van der Waals surface area contributed by atoms with Crippen LogP contribution in [0.25, 0.3) is 0 Å². The third-order valence-corrected chi connectivity index (χ3v) is 2.97. The number of halogens is 2. The number of carbonyl (C=O) groups excluding carboxylic acids is 1. The molecule has 1 atom stereocenters. The highest BCUT2D eigenvalue weighted by molar-refractivity contribution is 6.32. The molecule has 1 amide bonds. The number of aliphatic hydroxyl groups is 1. The molecule has 2 rings (SSSR count). The third kappa shape index (κ3) is 2.77. The molecule has 1 aliphatic heterocycles. The van der Waals surface area contributed by atoms with E-state index in [-0.39, 0.29) is 23.9 Å². The summed E-state index contributed by atoms with van der Waals surface area (Å²) in [6, 6.07) is 1.06. The number of aromatic nitrogens is 1. The molecule has 1 fully saturated rings. The zero-order valence-corrected chi connectivity index (χ0v) is 10.2. The highest BCUT2D eigenvalue weighted by Crippen LogP contribution is 2.17. The normalized spacial score (nSPS) is 19.9. The molecule has 2 heterocycles. The Morgan fingerprint density at radius 1 is 1.72 bits per heavy atom.